The molecule has 0 bridgehead atoms. The lowest BCUT2D eigenvalue weighted by Gasteiger charge is -2.22. The summed E-state index contributed by atoms with van der Waals surface area (Å²) in [5.74, 6) is -0.0908. The summed E-state index contributed by atoms with van der Waals surface area (Å²) in [6, 6.07) is 28.5. The van der Waals surface area contributed by atoms with Crippen LogP contribution in [-0.4, -0.2) is 18.6 Å². The summed E-state index contributed by atoms with van der Waals surface area (Å²) in [7, 11) is 0. The van der Waals surface area contributed by atoms with Crippen molar-refractivity contribution in [1.29, 1.82) is 0 Å². The van der Waals surface area contributed by atoms with E-state index < -0.39 is 17.7 Å². The number of hydrogen-bond acceptors (Lipinski definition) is 4. The molecule has 0 aromatic heterocycles. The Kier molecular flexibility index (Phi) is 11.0. The summed E-state index contributed by atoms with van der Waals surface area (Å²) in [5.41, 5.74) is 7.96. The monoisotopic (exact) mass is 600 g/mol. The van der Waals surface area contributed by atoms with Gasteiger partial charge in [0.05, 0.1) is 11.6 Å². The van der Waals surface area contributed by atoms with E-state index in [0.29, 0.717) is 23.4 Å². The topological polar surface area (TPSA) is 79.2 Å². The number of hydrogen-bond donors (Lipinski definition) is 4. The van der Waals surface area contributed by atoms with E-state index >= 15 is 0 Å². The van der Waals surface area contributed by atoms with Gasteiger partial charge in [-0.25, -0.2) is 0 Å². The van der Waals surface area contributed by atoms with Crippen molar-refractivity contribution in [3.63, 3.8) is 0 Å². The molecule has 1 unspecified atom stereocenters. The lowest BCUT2D eigenvalue weighted by molar-refractivity contribution is -0.112. The van der Waals surface area contributed by atoms with Gasteiger partial charge in [0.15, 0.2) is 0 Å². The number of nitrogens with two attached hydrogens (primary N) is 1. The fourth-order valence-electron chi connectivity index (χ4n) is 4.86. The number of anilines is 2. The van der Waals surface area contributed by atoms with Gasteiger partial charge in [-0.2, -0.15) is 13.2 Å². The molecule has 0 aliphatic heterocycles. The van der Waals surface area contributed by atoms with Gasteiger partial charge < -0.3 is 21.7 Å². The summed E-state index contributed by atoms with van der Waals surface area (Å²) in [6.45, 7) is 8.23. The molecular weight excluding hydrogens is 561 g/mol. The normalized spacial score (nSPS) is 13.9. The molecular formula is C36H39F3N4O. The second kappa shape index (κ2) is 14.9. The number of benzene rings is 4. The fourth-order valence-corrected chi connectivity index (χ4v) is 4.86. The molecule has 5 nitrogen and oxygen atoms in total. The lowest BCUT2D eigenvalue weighted by atomic mass is 9.93. The van der Waals surface area contributed by atoms with Crippen LogP contribution in [0.5, 0.6) is 0 Å². The van der Waals surface area contributed by atoms with Crippen LogP contribution in [-0.2, 0) is 11.3 Å². The van der Waals surface area contributed by atoms with Crippen LogP contribution in [0.25, 0.3) is 10.8 Å². The van der Waals surface area contributed by atoms with Crippen LogP contribution in [0.2, 0.25) is 0 Å². The highest BCUT2D eigenvalue weighted by Crippen LogP contribution is 2.33. The predicted molar refractivity (Wildman–Crippen MR) is 174 cm³/mol. The molecule has 1 aliphatic rings. The zero-order valence-corrected chi connectivity index (χ0v) is 25.0. The average molecular weight is 601 g/mol. The molecule has 44 heavy (non-hydrogen) atoms. The molecule has 8 heteroatoms. The molecule has 1 aliphatic carbocycles. The van der Waals surface area contributed by atoms with Crippen LogP contribution in [0.3, 0.4) is 0 Å². The number of allylic oxidation sites excluding steroid dienone is 2. The van der Waals surface area contributed by atoms with Gasteiger partial charge in [-0.15, -0.1) is 0 Å². The quantitative estimate of drug-likeness (QED) is 0.103. The van der Waals surface area contributed by atoms with Gasteiger partial charge in [0.2, 0.25) is 0 Å². The minimum atomic E-state index is -4.69. The highest BCUT2D eigenvalue weighted by atomic mass is 19.4. The van der Waals surface area contributed by atoms with Crippen molar-refractivity contribution in [3.05, 3.63) is 132 Å². The average Bonchev–Trinajstić information content (AvgIpc) is 3.86. The van der Waals surface area contributed by atoms with Gasteiger partial charge in [-0.1, -0.05) is 87.2 Å². The number of alkyl halides is 3. The molecule has 0 heterocycles. The largest absolute Gasteiger partial charge is 0.415 e. The molecule has 0 saturated heterocycles. The number of amides is 1. The summed E-state index contributed by atoms with van der Waals surface area (Å²) in [6.07, 6.45) is -1.58. The third-order valence-corrected chi connectivity index (χ3v) is 7.29. The van der Waals surface area contributed by atoms with Gasteiger partial charge in [0.1, 0.15) is 5.70 Å². The summed E-state index contributed by atoms with van der Waals surface area (Å²) >= 11 is 0. The molecule has 1 fully saturated rings. The van der Waals surface area contributed by atoms with E-state index in [4.69, 9.17) is 5.73 Å². The van der Waals surface area contributed by atoms with E-state index in [2.05, 4.69) is 46.8 Å². The van der Waals surface area contributed by atoms with Crippen molar-refractivity contribution in [3.8, 4) is 0 Å². The Labute approximate surface area is 257 Å². The van der Waals surface area contributed by atoms with Crippen LogP contribution in [0.1, 0.15) is 49.4 Å². The second-order valence-electron chi connectivity index (χ2n) is 10.5. The first-order valence-electron chi connectivity index (χ1n) is 14.9. The summed E-state index contributed by atoms with van der Waals surface area (Å²) in [4.78, 5) is 13.4. The fraction of sp³-hybridized carbons (Fsp3) is 0.250. The van der Waals surface area contributed by atoms with Gasteiger partial charge >= 0.3 is 6.18 Å². The number of carbonyl (C=O) groups is 1. The Bertz CT molecular complexity index is 1620. The van der Waals surface area contributed by atoms with E-state index in [0.717, 1.165) is 34.0 Å². The molecule has 1 amide bonds. The van der Waals surface area contributed by atoms with Gasteiger partial charge in [-0.3, -0.25) is 4.79 Å². The van der Waals surface area contributed by atoms with Gasteiger partial charge in [0.25, 0.3) is 5.91 Å². The van der Waals surface area contributed by atoms with E-state index in [-0.39, 0.29) is 18.3 Å². The number of carbonyl (C=O) groups excluding carboxylic acids is 1. The van der Waals surface area contributed by atoms with Crippen molar-refractivity contribution in [1.82, 2.24) is 5.32 Å². The van der Waals surface area contributed by atoms with E-state index in [9.17, 15) is 18.0 Å². The second-order valence-corrected chi connectivity index (χ2v) is 10.5. The van der Waals surface area contributed by atoms with Crippen LogP contribution in [0.15, 0.2) is 115 Å². The van der Waals surface area contributed by atoms with Crippen molar-refractivity contribution in [2.45, 2.75) is 45.5 Å². The predicted octanol–water partition coefficient (Wildman–Crippen LogP) is 8.47. The number of halogens is 3. The van der Waals surface area contributed by atoms with E-state index in [1.807, 2.05) is 50.2 Å². The standard InChI is InChI=1S/C34H33F3N4O.C2H6/c1-22(34(35,36)37)17-31(40-27-11-4-7-24(18-27)20-38)33(42)41-28-12-5-10-26(19-28)32(39-21-23-15-16-23)30-14-6-9-25-8-2-3-13-29(25)30;1-2/h2-14,17-19,23,32,39-40H,1,15-16,20-21,38H2,(H,41,42);1-2H3/b31-17-;. The summed E-state index contributed by atoms with van der Waals surface area (Å²) < 4.78 is 40.1. The SMILES string of the molecule is C=C(/C=C(\Nc1cccc(CN)c1)C(=O)Nc1cccc(C(NCC2CC2)c2cccc3ccccc23)c1)C(F)(F)F.CC. The maximum absolute atomic E-state index is 13.4. The summed E-state index contributed by atoms with van der Waals surface area (Å²) in [5, 5.41) is 11.6. The molecule has 1 saturated carbocycles. The van der Waals surface area contributed by atoms with Crippen LogP contribution in [0, 0.1) is 5.92 Å². The molecule has 230 valence electrons. The first-order valence-corrected chi connectivity index (χ1v) is 14.9. The molecule has 1 atom stereocenters. The van der Waals surface area contributed by atoms with Crippen molar-refractivity contribution < 1.29 is 18.0 Å². The Morgan fingerprint density at radius 3 is 2.30 bits per heavy atom. The van der Waals surface area contributed by atoms with Crippen molar-refractivity contribution in [2.75, 3.05) is 17.2 Å². The Hall–Kier alpha value is -4.40. The van der Waals surface area contributed by atoms with Crippen LogP contribution in [0.4, 0.5) is 24.5 Å². The zero-order valence-electron chi connectivity index (χ0n) is 25.0. The first-order chi connectivity index (χ1) is 21.2. The Morgan fingerprint density at radius 2 is 1.59 bits per heavy atom. The first kappa shape index (κ1) is 32.5. The smallest absolute Gasteiger partial charge is 0.351 e. The number of rotatable bonds is 11. The number of fused-ring (bicyclic) bond motifs is 1. The Morgan fingerprint density at radius 1 is 0.932 bits per heavy atom. The molecule has 0 spiro atoms. The van der Waals surface area contributed by atoms with Gasteiger partial charge in [0, 0.05) is 17.9 Å². The molecule has 0 radical (unpaired) electrons. The molecule has 5 N–H and O–H groups in total. The molecule has 4 aromatic carbocycles. The van der Waals surface area contributed by atoms with Gasteiger partial charge in [-0.05, 0) is 83.1 Å². The maximum atomic E-state index is 13.4. The zero-order chi connectivity index (χ0) is 31.7. The highest BCUT2D eigenvalue weighted by molar-refractivity contribution is 6.06. The van der Waals surface area contributed by atoms with Crippen molar-refractivity contribution >= 4 is 28.1 Å². The van der Waals surface area contributed by atoms with E-state index in [1.54, 1.807) is 30.3 Å². The minimum Gasteiger partial charge on any atom is -0.351 e. The third-order valence-electron chi connectivity index (χ3n) is 7.29. The maximum Gasteiger partial charge on any atom is 0.415 e. The van der Waals surface area contributed by atoms with E-state index in [1.165, 1.54) is 12.8 Å². The Balaban J connectivity index is 0.00000216. The van der Waals surface area contributed by atoms with Crippen LogP contribution < -0.4 is 21.7 Å². The number of nitrogens with one attached hydrogen (secondary N) is 3. The van der Waals surface area contributed by atoms with Crippen molar-refractivity contribution in [2.24, 2.45) is 11.7 Å². The lowest BCUT2D eigenvalue weighted by Crippen LogP contribution is -2.25. The third kappa shape index (κ3) is 8.58. The van der Waals surface area contributed by atoms with Crippen LogP contribution >= 0.6 is 0 Å². The highest BCUT2D eigenvalue weighted by Gasteiger charge is 2.31. The molecule has 5 rings (SSSR count). The minimum absolute atomic E-state index is 0.148. The molecule has 4 aromatic rings.